The largest absolute Gasteiger partial charge is 0.331 e. The predicted molar refractivity (Wildman–Crippen MR) is 81.8 cm³/mol. The number of aryl methyl sites for hydroxylation is 3. The molecule has 5 nitrogen and oxygen atoms in total. The van der Waals surface area contributed by atoms with E-state index in [0.717, 1.165) is 33.5 Å². The fraction of sp³-hybridized carbons (Fsp3) is 0.267. The van der Waals surface area contributed by atoms with Crippen molar-refractivity contribution in [3.63, 3.8) is 0 Å². The molecule has 0 saturated heterocycles. The minimum absolute atomic E-state index is 0.103. The Morgan fingerprint density at radius 2 is 2.10 bits per heavy atom. The zero-order valence-electron chi connectivity index (χ0n) is 12.0. The second kappa shape index (κ2) is 4.30. The number of benzene rings is 1. The summed E-state index contributed by atoms with van der Waals surface area (Å²) in [4.78, 5) is 23.8. The van der Waals surface area contributed by atoms with Crippen LogP contribution in [0.4, 0.5) is 0 Å². The van der Waals surface area contributed by atoms with Crippen LogP contribution in [0.5, 0.6) is 0 Å². The number of hydrogen-bond donors (Lipinski definition) is 1. The van der Waals surface area contributed by atoms with E-state index in [2.05, 4.69) is 15.0 Å². The third kappa shape index (κ3) is 1.59. The lowest BCUT2D eigenvalue weighted by Crippen LogP contribution is -2.12. The number of aromatic amines is 1. The molecule has 5 heteroatoms. The molecule has 0 saturated carbocycles. The molecule has 102 valence electrons. The van der Waals surface area contributed by atoms with E-state index in [-0.39, 0.29) is 5.56 Å². The average molecular weight is 268 g/mol. The Bertz CT molecular complexity index is 915. The fourth-order valence-electron chi connectivity index (χ4n) is 2.65. The molecule has 0 aliphatic rings. The van der Waals surface area contributed by atoms with Crippen molar-refractivity contribution in [1.82, 2.24) is 14.5 Å². The highest BCUT2D eigenvalue weighted by molar-refractivity contribution is 6.06. The number of aliphatic imine (C=N–C) groups is 1. The van der Waals surface area contributed by atoms with Crippen LogP contribution < -0.4 is 5.56 Å². The van der Waals surface area contributed by atoms with Crippen molar-refractivity contribution in [2.24, 2.45) is 12.0 Å². The Labute approximate surface area is 116 Å². The van der Waals surface area contributed by atoms with Gasteiger partial charge in [-0.1, -0.05) is 6.07 Å². The van der Waals surface area contributed by atoms with Gasteiger partial charge in [-0.05, 0) is 30.9 Å². The molecule has 0 aliphatic heterocycles. The summed E-state index contributed by atoms with van der Waals surface area (Å²) in [5, 5.41) is 1.63. The van der Waals surface area contributed by atoms with E-state index in [1.54, 1.807) is 13.3 Å². The molecule has 0 radical (unpaired) electrons. The molecule has 3 rings (SSSR count). The van der Waals surface area contributed by atoms with Gasteiger partial charge in [-0.15, -0.1) is 0 Å². The minimum Gasteiger partial charge on any atom is -0.331 e. The molecule has 0 amide bonds. The van der Waals surface area contributed by atoms with Gasteiger partial charge in [-0.3, -0.25) is 9.79 Å². The lowest BCUT2D eigenvalue weighted by atomic mass is 10.0. The number of imidazole rings is 1. The first kappa shape index (κ1) is 12.6. The van der Waals surface area contributed by atoms with E-state index in [1.807, 2.05) is 37.6 Å². The Morgan fingerprint density at radius 1 is 1.35 bits per heavy atom. The number of pyridine rings is 1. The Hall–Kier alpha value is -2.43. The highest BCUT2D eigenvalue weighted by Crippen LogP contribution is 2.25. The van der Waals surface area contributed by atoms with Crippen LogP contribution in [0.3, 0.4) is 0 Å². The Morgan fingerprint density at radius 3 is 2.80 bits per heavy atom. The normalized spacial score (nSPS) is 12.0. The molecule has 2 heterocycles. The molecular weight excluding hydrogens is 252 g/mol. The molecule has 2 aromatic heterocycles. The van der Waals surface area contributed by atoms with Crippen molar-refractivity contribution in [2.45, 2.75) is 13.8 Å². The maximum Gasteiger partial charge on any atom is 0.258 e. The van der Waals surface area contributed by atoms with E-state index in [0.29, 0.717) is 5.39 Å². The molecule has 1 aromatic carbocycles. The minimum atomic E-state index is -0.103. The van der Waals surface area contributed by atoms with E-state index in [4.69, 9.17) is 0 Å². The van der Waals surface area contributed by atoms with Crippen LogP contribution >= 0.6 is 0 Å². The van der Waals surface area contributed by atoms with Gasteiger partial charge in [0.15, 0.2) is 0 Å². The van der Waals surface area contributed by atoms with Crippen LogP contribution in [0.1, 0.15) is 17.1 Å². The lowest BCUT2D eigenvalue weighted by molar-refractivity contribution is 0.888. The first-order valence-corrected chi connectivity index (χ1v) is 6.45. The Balaban J connectivity index is 2.59. The second-order valence-corrected chi connectivity index (χ2v) is 4.95. The molecule has 0 unspecified atom stereocenters. The summed E-state index contributed by atoms with van der Waals surface area (Å²) < 4.78 is 1.96. The lowest BCUT2D eigenvalue weighted by Gasteiger charge is -2.07. The van der Waals surface area contributed by atoms with Crippen molar-refractivity contribution >= 4 is 28.0 Å². The predicted octanol–water partition coefficient (Wildman–Crippen LogP) is 2.08. The number of nitrogens with one attached hydrogen (secondary N) is 1. The first-order chi connectivity index (χ1) is 9.54. The van der Waals surface area contributed by atoms with Gasteiger partial charge in [0, 0.05) is 20.3 Å². The van der Waals surface area contributed by atoms with Crippen LogP contribution in [-0.2, 0) is 7.05 Å². The molecule has 0 fully saturated rings. The molecule has 0 spiro atoms. The maximum atomic E-state index is 12.4. The van der Waals surface area contributed by atoms with Crippen LogP contribution in [0.25, 0.3) is 21.8 Å². The molecule has 20 heavy (non-hydrogen) atoms. The van der Waals surface area contributed by atoms with Gasteiger partial charge in [0.25, 0.3) is 5.56 Å². The van der Waals surface area contributed by atoms with Crippen molar-refractivity contribution in [2.75, 3.05) is 7.05 Å². The van der Waals surface area contributed by atoms with Gasteiger partial charge in [0.1, 0.15) is 5.82 Å². The molecule has 1 N–H and O–H groups in total. The van der Waals surface area contributed by atoms with Crippen molar-refractivity contribution in [1.29, 1.82) is 0 Å². The molecule has 0 bridgehead atoms. The monoisotopic (exact) mass is 268 g/mol. The summed E-state index contributed by atoms with van der Waals surface area (Å²) in [5.41, 5.74) is 3.40. The molecule has 0 atom stereocenters. The van der Waals surface area contributed by atoms with Crippen LogP contribution in [0, 0.1) is 13.8 Å². The van der Waals surface area contributed by atoms with Crippen LogP contribution in [0.15, 0.2) is 21.9 Å². The number of rotatable bonds is 1. The van der Waals surface area contributed by atoms with Crippen LogP contribution in [0.2, 0.25) is 0 Å². The summed E-state index contributed by atoms with van der Waals surface area (Å²) in [5.74, 6) is 0.892. The number of nitrogens with zero attached hydrogens (tertiary/aromatic N) is 3. The smallest absolute Gasteiger partial charge is 0.258 e. The maximum absolute atomic E-state index is 12.4. The zero-order valence-corrected chi connectivity index (χ0v) is 12.0. The summed E-state index contributed by atoms with van der Waals surface area (Å²) >= 11 is 0. The number of aromatic nitrogens is 3. The summed E-state index contributed by atoms with van der Waals surface area (Å²) in [6, 6.07) is 3.92. The highest BCUT2D eigenvalue weighted by Gasteiger charge is 2.14. The summed E-state index contributed by atoms with van der Waals surface area (Å²) in [6.07, 6.45) is 1.68. The van der Waals surface area contributed by atoms with Crippen molar-refractivity contribution in [3.05, 3.63) is 39.6 Å². The van der Waals surface area contributed by atoms with Crippen molar-refractivity contribution in [3.8, 4) is 0 Å². The second-order valence-electron chi connectivity index (χ2n) is 4.95. The van der Waals surface area contributed by atoms with E-state index < -0.39 is 0 Å². The van der Waals surface area contributed by atoms with E-state index >= 15 is 0 Å². The van der Waals surface area contributed by atoms with Gasteiger partial charge in [-0.25, -0.2) is 4.98 Å². The van der Waals surface area contributed by atoms with Crippen LogP contribution in [-0.4, -0.2) is 27.8 Å². The van der Waals surface area contributed by atoms with E-state index in [1.165, 1.54) is 0 Å². The SMILES string of the molecule is C/N=C/c1[nH]c(=O)c2c(ccc3nc(C)n(C)c32)c1C. The van der Waals surface area contributed by atoms with Gasteiger partial charge >= 0.3 is 0 Å². The summed E-state index contributed by atoms with van der Waals surface area (Å²) in [6.45, 7) is 3.93. The molecule has 0 aliphatic carbocycles. The summed E-state index contributed by atoms with van der Waals surface area (Å²) in [7, 11) is 3.62. The van der Waals surface area contributed by atoms with Gasteiger partial charge in [-0.2, -0.15) is 0 Å². The molecular formula is C15H16N4O. The standard InChI is InChI=1S/C15H16N4O/c1-8-10-5-6-11-14(19(4)9(2)17-11)13(10)15(20)18-12(8)7-16-3/h5-7H,1-4H3,(H,18,20)/b16-7+. The highest BCUT2D eigenvalue weighted by atomic mass is 16.1. The molecule has 3 aromatic rings. The van der Waals surface area contributed by atoms with Gasteiger partial charge < -0.3 is 9.55 Å². The number of fused-ring (bicyclic) bond motifs is 3. The van der Waals surface area contributed by atoms with Crippen molar-refractivity contribution < 1.29 is 0 Å². The average Bonchev–Trinajstić information content (AvgIpc) is 2.71. The number of hydrogen-bond acceptors (Lipinski definition) is 3. The Kier molecular flexibility index (Phi) is 2.71. The third-order valence-corrected chi connectivity index (χ3v) is 3.80. The first-order valence-electron chi connectivity index (χ1n) is 6.45. The zero-order chi connectivity index (χ0) is 14.4. The van der Waals surface area contributed by atoms with Gasteiger partial charge in [0.05, 0.1) is 22.1 Å². The van der Waals surface area contributed by atoms with E-state index in [9.17, 15) is 4.79 Å². The number of H-pyrrole nitrogens is 1. The fourth-order valence-corrected chi connectivity index (χ4v) is 2.65. The third-order valence-electron chi connectivity index (χ3n) is 3.80. The topological polar surface area (TPSA) is 63.0 Å². The quantitative estimate of drug-likeness (QED) is 0.687. The van der Waals surface area contributed by atoms with Gasteiger partial charge in [0.2, 0.25) is 0 Å².